The quantitative estimate of drug-likeness (QED) is 0.643. The van der Waals surface area contributed by atoms with Crippen molar-refractivity contribution in [1.82, 2.24) is 14.8 Å². The van der Waals surface area contributed by atoms with Crippen LogP contribution >= 0.6 is 0 Å². The zero-order valence-electron chi connectivity index (χ0n) is 17.3. The second-order valence-electron chi connectivity index (χ2n) is 8.32. The summed E-state index contributed by atoms with van der Waals surface area (Å²) in [4.78, 5) is 21.5. The summed E-state index contributed by atoms with van der Waals surface area (Å²) in [6, 6.07) is 16.0. The second-order valence-corrected chi connectivity index (χ2v) is 8.32. The molecule has 2 aliphatic heterocycles. The van der Waals surface area contributed by atoms with Gasteiger partial charge in [-0.05, 0) is 50.5 Å². The van der Waals surface area contributed by atoms with Crippen molar-refractivity contribution in [3.05, 3.63) is 48.5 Å². The summed E-state index contributed by atoms with van der Waals surface area (Å²) in [5.41, 5.74) is 2.46. The molecule has 2 aromatic carbocycles. The van der Waals surface area contributed by atoms with Crippen molar-refractivity contribution >= 4 is 17.0 Å². The molecule has 0 aliphatic carbocycles. The van der Waals surface area contributed by atoms with Gasteiger partial charge in [0.25, 0.3) is 0 Å². The molecule has 30 heavy (non-hydrogen) atoms. The third-order valence-electron chi connectivity index (χ3n) is 6.17. The largest absolute Gasteiger partial charge is 0.488 e. The molecule has 0 unspecified atom stereocenters. The minimum atomic E-state index is 0.0549. The van der Waals surface area contributed by atoms with Crippen LogP contribution in [0, 0.1) is 0 Å². The molecule has 5 rings (SSSR count). The number of aromatic nitrogens is 1. The van der Waals surface area contributed by atoms with Crippen molar-refractivity contribution in [2.24, 2.45) is 0 Å². The number of likely N-dealkylation sites (tertiary alicyclic amines) is 2. The standard InChI is InChI=1S/C24H27N3O3/c1-17-7-6-13-27(17)23(28)16-26-14-12-18(15-26)29-21-10-4-2-8-19(21)24-25-20-9-3-5-11-22(20)30-24/h2-5,8-11,17-18H,6-7,12-16H2,1H3/t17-,18+/m1/s1. The Morgan fingerprint density at radius 2 is 1.97 bits per heavy atom. The average molecular weight is 405 g/mol. The number of para-hydroxylation sites is 3. The number of fused-ring (bicyclic) bond motifs is 1. The van der Waals surface area contributed by atoms with Crippen LogP contribution in [-0.4, -0.2) is 59.0 Å². The van der Waals surface area contributed by atoms with Gasteiger partial charge in [0.1, 0.15) is 17.4 Å². The Kier molecular flexibility index (Phi) is 5.17. The molecule has 2 aliphatic rings. The van der Waals surface area contributed by atoms with Crippen LogP contribution in [0.1, 0.15) is 26.2 Å². The average Bonchev–Trinajstić information content (AvgIpc) is 3.48. The van der Waals surface area contributed by atoms with Crippen LogP contribution < -0.4 is 4.74 Å². The minimum absolute atomic E-state index is 0.0549. The van der Waals surface area contributed by atoms with Crippen LogP contribution in [0.5, 0.6) is 5.75 Å². The molecule has 2 atom stereocenters. The van der Waals surface area contributed by atoms with Crippen LogP contribution in [0.25, 0.3) is 22.6 Å². The number of hydrogen-bond donors (Lipinski definition) is 0. The summed E-state index contributed by atoms with van der Waals surface area (Å²) in [6.45, 7) is 5.16. The maximum atomic E-state index is 12.6. The van der Waals surface area contributed by atoms with Crippen LogP contribution in [-0.2, 0) is 4.79 Å². The van der Waals surface area contributed by atoms with Gasteiger partial charge in [0.2, 0.25) is 11.8 Å². The van der Waals surface area contributed by atoms with E-state index in [0.29, 0.717) is 18.5 Å². The van der Waals surface area contributed by atoms with Crippen LogP contribution in [0.2, 0.25) is 0 Å². The van der Waals surface area contributed by atoms with E-state index in [1.165, 1.54) is 0 Å². The predicted molar refractivity (Wildman–Crippen MR) is 115 cm³/mol. The molecule has 0 spiro atoms. The molecular weight excluding hydrogens is 378 g/mol. The van der Waals surface area contributed by atoms with Crippen molar-refractivity contribution in [3.63, 3.8) is 0 Å². The summed E-state index contributed by atoms with van der Waals surface area (Å²) in [5, 5.41) is 0. The van der Waals surface area contributed by atoms with Gasteiger partial charge in [0.05, 0.1) is 12.1 Å². The molecule has 3 heterocycles. The second kappa shape index (κ2) is 8.11. The molecule has 0 radical (unpaired) electrons. The number of oxazole rings is 1. The van der Waals surface area contributed by atoms with E-state index in [1.54, 1.807) is 0 Å². The number of nitrogens with zero attached hydrogens (tertiary/aromatic N) is 3. The number of hydrogen-bond acceptors (Lipinski definition) is 5. The first-order chi connectivity index (χ1) is 14.7. The Hall–Kier alpha value is -2.86. The molecule has 1 amide bonds. The van der Waals surface area contributed by atoms with Crippen LogP contribution in [0.4, 0.5) is 0 Å². The molecule has 156 valence electrons. The van der Waals surface area contributed by atoms with E-state index in [1.807, 2.05) is 53.4 Å². The fourth-order valence-corrected chi connectivity index (χ4v) is 4.54. The Bertz CT molecular complexity index is 1010. The van der Waals surface area contributed by atoms with Crippen molar-refractivity contribution in [1.29, 1.82) is 0 Å². The summed E-state index contributed by atoms with van der Waals surface area (Å²) < 4.78 is 12.3. The molecule has 0 bridgehead atoms. The smallest absolute Gasteiger partial charge is 0.236 e. The topological polar surface area (TPSA) is 58.8 Å². The first-order valence-corrected chi connectivity index (χ1v) is 10.8. The Morgan fingerprint density at radius 1 is 1.13 bits per heavy atom. The maximum absolute atomic E-state index is 12.6. The Balaban J connectivity index is 1.26. The molecule has 2 saturated heterocycles. The maximum Gasteiger partial charge on any atom is 0.236 e. The zero-order chi connectivity index (χ0) is 20.5. The number of benzene rings is 2. The highest BCUT2D eigenvalue weighted by Crippen LogP contribution is 2.33. The summed E-state index contributed by atoms with van der Waals surface area (Å²) in [6.07, 6.45) is 3.19. The van der Waals surface area contributed by atoms with Gasteiger partial charge in [0.15, 0.2) is 5.58 Å². The monoisotopic (exact) mass is 405 g/mol. The third-order valence-corrected chi connectivity index (χ3v) is 6.17. The number of carbonyl (C=O) groups is 1. The lowest BCUT2D eigenvalue weighted by Gasteiger charge is -2.24. The molecule has 3 aromatic rings. The Labute approximate surface area is 176 Å². The van der Waals surface area contributed by atoms with E-state index in [0.717, 1.165) is 61.3 Å². The van der Waals surface area contributed by atoms with Gasteiger partial charge in [0, 0.05) is 25.7 Å². The molecule has 6 nitrogen and oxygen atoms in total. The molecule has 6 heteroatoms. The Morgan fingerprint density at radius 3 is 2.80 bits per heavy atom. The van der Waals surface area contributed by atoms with Gasteiger partial charge < -0.3 is 14.1 Å². The number of ether oxygens (including phenoxy) is 1. The van der Waals surface area contributed by atoms with E-state index >= 15 is 0 Å². The van der Waals surface area contributed by atoms with Gasteiger partial charge >= 0.3 is 0 Å². The van der Waals surface area contributed by atoms with Gasteiger partial charge in [-0.3, -0.25) is 9.69 Å². The first-order valence-electron chi connectivity index (χ1n) is 10.8. The van der Waals surface area contributed by atoms with E-state index in [4.69, 9.17) is 9.15 Å². The summed E-state index contributed by atoms with van der Waals surface area (Å²) in [5.74, 6) is 1.59. The summed E-state index contributed by atoms with van der Waals surface area (Å²) >= 11 is 0. The fraction of sp³-hybridized carbons (Fsp3) is 0.417. The van der Waals surface area contributed by atoms with Gasteiger partial charge in [-0.15, -0.1) is 0 Å². The SMILES string of the molecule is C[C@@H]1CCCN1C(=O)CN1CC[C@H](Oc2ccccc2-c2nc3ccccc3o2)C1. The third kappa shape index (κ3) is 3.79. The molecule has 2 fully saturated rings. The summed E-state index contributed by atoms with van der Waals surface area (Å²) in [7, 11) is 0. The number of carbonyl (C=O) groups excluding carboxylic acids is 1. The van der Waals surface area contributed by atoms with E-state index in [9.17, 15) is 4.79 Å². The van der Waals surface area contributed by atoms with Gasteiger partial charge in [-0.25, -0.2) is 4.98 Å². The molecule has 0 saturated carbocycles. The highest BCUT2D eigenvalue weighted by molar-refractivity contribution is 5.79. The zero-order valence-corrected chi connectivity index (χ0v) is 17.3. The fourth-order valence-electron chi connectivity index (χ4n) is 4.54. The van der Waals surface area contributed by atoms with E-state index < -0.39 is 0 Å². The lowest BCUT2D eigenvalue weighted by molar-refractivity contribution is -0.132. The van der Waals surface area contributed by atoms with Gasteiger partial charge in [-0.1, -0.05) is 24.3 Å². The van der Waals surface area contributed by atoms with E-state index in [2.05, 4.69) is 16.8 Å². The predicted octanol–water partition coefficient (Wildman–Crippen LogP) is 3.96. The first kappa shape index (κ1) is 19.1. The normalized spacial score (nSPS) is 22.1. The number of rotatable bonds is 5. The minimum Gasteiger partial charge on any atom is -0.488 e. The van der Waals surface area contributed by atoms with Crippen molar-refractivity contribution in [3.8, 4) is 17.2 Å². The van der Waals surface area contributed by atoms with Gasteiger partial charge in [-0.2, -0.15) is 0 Å². The lowest BCUT2D eigenvalue weighted by Crippen LogP contribution is -2.41. The van der Waals surface area contributed by atoms with Crippen LogP contribution in [0.15, 0.2) is 52.9 Å². The molecule has 0 N–H and O–H groups in total. The van der Waals surface area contributed by atoms with Crippen molar-refractivity contribution in [2.75, 3.05) is 26.2 Å². The van der Waals surface area contributed by atoms with Crippen molar-refractivity contribution < 1.29 is 13.9 Å². The molecule has 1 aromatic heterocycles. The number of amides is 1. The highest BCUT2D eigenvalue weighted by atomic mass is 16.5. The highest BCUT2D eigenvalue weighted by Gasteiger charge is 2.30. The van der Waals surface area contributed by atoms with Crippen LogP contribution in [0.3, 0.4) is 0 Å². The lowest BCUT2D eigenvalue weighted by atomic mass is 10.2. The molecular formula is C24H27N3O3. The van der Waals surface area contributed by atoms with Crippen molar-refractivity contribution in [2.45, 2.75) is 38.3 Å². The van der Waals surface area contributed by atoms with E-state index in [-0.39, 0.29) is 12.0 Å².